The highest BCUT2D eigenvalue weighted by atomic mass is 79.9. The van der Waals surface area contributed by atoms with Crippen molar-refractivity contribution in [2.75, 3.05) is 12.4 Å². The van der Waals surface area contributed by atoms with E-state index in [0.717, 1.165) is 11.1 Å². The molecule has 0 spiro atoms. The molecule has 0 heterocycles. The number of carbonyl (C=O) groups is 1. The van der Waals surface area contributed by atoms with Crippen LogP contribution < -0.4 is 14.8 Å². The van der Waals surface area contributed by atoms with E-state index in [1.54, 1.807) is 31.4 Å². The van der Waals surface area contributed by atoms with Crippen LogP contribution in [-0.2, 0) is 11.4 Å². The molecule has 0 aromatic heterocycles. The Kier molecular flexibility index (Phi) is 7.38. The highest BCUT2D eigenvalue weighted by molar-refractivity contribution is 9.10. The van der Waals surface area contributed by atoms with Gasteiger partial charge in [-0.25, -0.2) is 0 Å². The van der Waals surface area contributed by atoms with Crippen molar-refractivity contribution in [1.82, 2.24) is 0 Å². The van der Waals surface area contributed by atoms with Gasteiger partial charge in [0.1, 0.15) is 12.4 Å². The van der Waals surface area contributed by atoms with E-state index in [1.165, 1.54) is 18.2 Å². The first-order chi connectivity index (χ1) is 14.5. The van der Waals surface area contributed by atoms with Gasteiger partial charge in [0.05, 0.1) is 11.6 Å². The number of phenols is 1. The molecule has 3 aromatic carbocycles. The van der Waals surface area contributed by atoms with E-state index in [9.17, 15) is 9.90 Å². The third-order valence-corrected chi connectivity index (χ3v) is 5.10. The van der Waals surface area contributed by atoms with Gasteiger partial charge in [0.15, 0.2) is 11.5 Å². The summed E-state index contributed by atoms with van der Waals surface area (Å²) in [5.41, 5.74) is 2.21. The Bertz CT molecular complexity index is 1070. The summed E-state index contributed by atoms with van der Waals surface area (Å²) >= 11 is 9.69. The van der Waals surface area contributed by atoms with Gasteiger partial charge in [0, 0.05) is 22.3 Å². The molecule has 0 saturated carbocycles. The van der Waals surface area contributed by atoms with Gasteiger partial charge in [0.2, 0.25) is 5.91 Å². The molecule has 0 aliphatic heterocycles. The largest absolute Gasteiger partial charge is 0.508 e. The number of anilines is 1. The van der Waals surface area contributed by atoms with Crippen LogP contribution in [-0.4, -0.2) is 18.1 Å². The molecule has 1 amide bonds. The lowest BCUT2D eigenvalue weighted by Gasteiger charge is -2.14. The minimum atomic E-state index is -0.296. The van der Waals surface area contributed by atoms with E-state index in [-0.39, 0.29) is 11.7 Å². The molecule has 7 heteroatoms. The number of phenolic OH excluding ortho intramolecular Hbond substituents is 1. The lowest BCUT2D eigenvalue weighted by Crippen LogP contribution is -2.07. The molecule has 0 atom stereocenters. The van der Waals surface area contributed by atoms with Crippen molar-refractivity contribution < 1.29 is 19.4 Å². The summed E-state index contributed by atoms with van der Waals surface area (Å²) in [6.07, 6.45) is 3.08. The lowest BCUT2D eigenvalue weighted by molar-refractivity contribution is -0.111. The minimum Gasteiger partial charge on any atom is -0.508 e. The number of aromatic hydroxyl groups is 1. The van der Waals surface area contributed by atoms with Crippen molar-refractivity contribution in [3.8, 4) is 17.2 Å². The maximum atomic E-state index is 12.1. The summed E-state index contributed by atoms with van der Waals surface area (Å²) < 4.78 is 12.1. The van der Waals surface area contributed by atoms with Crippen molar-refractivity contribution in [1.29, 1.82) is 0 Å². The molecular weight excluding hydrogens is 470 g/mol. The third-order valence-electron chi connectivity index (χ3n) is 4.14. The third kappa shape index (κ3) is 5.78. The van der Waals surface area contributed by atoms with E-state index in [1.807, 2.05) is 30.3 Å². The molecular formula is C23H19BrClNO4. The van der Waals surface area contributed by atoms with Crippen molar-refractivity contribution in [2.45, 2.75) is 6.61 Å². The highest BCUT2D eigenvalue weighted by Gasteiger charge is 2.12. The van der Waals surface area contributed by atoms with Crippen LogP contribution in [0.15, 0.2) is 71.2 Å². The molecule has 0 aliphatic rings. The molecule has 0 saturated heterocycles. The second kappa shape index (κ2) is 10.2. The summed E-state index contributed by atoms with van der Waals surface area (Å²) in [5.74, 6) is 0.908. The van der Waals surface area contributed by atoms with E-state index in [0.29, 0.717) is 33.3 Å². The smallest absolute Gasteiger partial charge is 0.248 e. The molecule has 30 heavy (non-hydrogen) atoms. The first kappa shape index (κ1) is 21.7. The number of rotatable bonds is 7. The van der Waals surface area contributed by atoms with Crippen molar-refractivity contribution in [2.24, 2.45) is 0 Å². The zero-order valence-electron chi connectivity index (χ0n) is 16.1. The van der Waals surface area contributed by atoms with Gasteiger partial charge in [-0.05, 0) is 70.0 Å². The summed E-state index contributed by atoms with van der Waals surface area (Å²) in [4.78, 5) is 12.1. The van der Waals surface area contributed by atoms with Crippen molar-refractivity contribution in [3.05, 3.63) is 87.4 Å². The monoisotopic (exact) mass is 487 g/mol. The second-order valence-corrected chi connectivity index (χ2v) is 7.55. The Morgan fingerprint density at radius 3 is 2.60 bits per heavy atom. The maximum Gasteiger partial charge on any atom is 0.248 e. The minimum absolute atomic E-state index is 0.136. The van der Waals surface area contributed by atoms with Crippen LogP contribution in [0.4, 0.5) is 5.69 Å². The predicted octanol–water partition coefficient (Wildman–Crippen LogP) is 6.05. The highest BCUT2D eigenvalue weighted by Crippen LogP contribution is 2.37. The molecule has 0 aliphatic carbocycles. The van der Waals surface area contributed by atoms with Crippen molar-refractivity contribution in [3.63, 3.8) is 0 Å². The Hall–Kier alpha value is -2.96. The first-order valence-electron chi connectivity index (χ1n) is 8.98. The molecule has 0 bridgehead atoms. The number of nitrogens with one attached hydrogen (secondary N) is 1. The second-order valence-electron chi connectivity index (χ2n) is 6.28. The van der Waals surface area contributed by atoms with E-state index in [2.05, 4.69) is 21.2 Å². The van der Waals surface area contributed by atoms with E-state index < -0.39 is 0 Å². The van der Waals surface area contributed by atoms with Gasteiger partial charge < -0.3 is 19.9 Å². The van der Waals surface area contributed by atoms with Gasteiger partial charge in [-0.2, -0.15) is 0 Å². The van der Waals surface area contributed by atoms with Gasteiger partial charge >= 0.3 is 0 Å². The number of amides is 1. The lowest BCUT2D eigenvalue weighted by atomic mass is 10.2. The van der Waals surface area contributed by atoms with E-state index >= 15 is 0 Å². The molecule has 154 valence electrons. The Labute approximate surface area is 188 Å². The summed E-state index contributed by atoms with van der Waals surface area (Å²) in [6.45, 7) is 0.291. The number of ether oxygens (including phenoxy) is 2. The number of hydrogen-bond acceptors (Lipinski definition) is 4. The van der Waals surface area contributed by atoms with Crippen LogP contribution >= 0.6 is 27.5 Å². The van der Waals surface area contributed by atoms with Gasteiger partial charge in [-0.1, -0.05) is 29.8 Å². The van der Waals surface area contributed by atoms with Crippen LogP contribution in [0, 0.1) is 0 Å². The Morgan fingerprint density at radius 1 is 1.17 bits per heavy atom. The van der Waals surface area contributed by atoms with Crippen molar-refractivity contribution >= 4 is 45.2 Å². The van der Waals surface area contributed by atoms with Gasteiger partial charge in [0.25, 0.3) is 0 Å². The average molecular weight is 489 g/mol. The fourth-order valence-electron chi connectivity index (χ4n) is 2.64. The van der Waals surface area contributed by atoms with Crippen LogP contribution in [0.5, 0.6) is 17.2 Å². The predicted molar refractivity (Wildman–Crippen MR) is 122 cm³/mol. The summed E-state index contributed by atoms with van der Waals surface area (Å²) in [6, 6.07) is 17.3. The summed E-state index contributed by atoms with van der Waals surface area (Å²) in [5, 5.41) is 12.6. The molecule has 0 fully saturated rings. The molecule has 2 N–H and O–H groups in total. The molecule has 5 nitrogen and oxygen atoms in total. The topological polar surface area (TPSA) is 67.8 Å². The average Bonchev–Trinajstić information content (AvgIpc) is 2.74. The molecule has 0 radical (unpaired) electrons. The molecule has 3 rings (SSSR count). The molecule has 3 aromatic rings. The number of halogens is 2. The van der Waals surface area contributed by atoms with Crippen LogP contribution in [0.25, 0.3) is 6.08 Å². The normalized spacial score (nSPS) is 10.8. The fraction of sp³-hybridized carbons (Fsp3) is 0.0870. The zero-order valence-corrected chi connectivity index (χ0v) is 18.4. The quantitative estimate of drug-likeness (QED) is 0.314. The first-order valence-corrected chi connectivity index (χ1v) is 10.1. The Balaban J connectivity index is 1.71. The maximum absolute atomic E-state index is 12.1. The van der Waals surface area contributed by atoms with Crippen LogP contribution in [0.3, 0.4) is 0 Å². The number of methoxy groups -OCH3 is 1. The van der Waals surface area contributed by atoms with E-state index in [4.69, 9.17) is 21.1 Å². The van der Waals surface area contributed by atoms with Crippen LogP contribution in [0.2, 0.25) is 5.02 Å². The standard InChI is InChI=1S/C23H19BrClNO4/c1-29-21-13-15(6-11-22(28)26-17-7-9-18(27)10-8-17)12-19(24)23(21)30-14-16-4-2-3-5-20(16)25/h2-13,27H,14H2,1H3,(H,26,28)/b11-6+. The molecule has 0 unspecified atom stereocenters. The Morgan fingerprint density at radius 2 is 1.90 bits per heavy atom. The van der Waals surface area contributed by atoms with Gasteiger partial charge in [-0.3, -0.25) is 4.79 Å². The zero-order chi connectivity index (χ0) is 21.5. The van der Waals surface area contributed by atoms with Gasteiger partial charge in [-0.15, -0.1) is 0 Å². The fourth-order valence-corrected chi connectivity index (χ4v) is 3.41. The SMILES string of the molecule is COc1cc(/C=C/C(=O)Nc2ccc(O)cc2)cc(Br)c1OCc1ccccc1Cl. The summed E-state index contributed by atoms with van der Waals surface area (Å²) in [7, 11) is 1.55. The number of carbonyl (C=O) groups excluding carboxylic acids is 1. The van der Waals surface area contributed by atoms with Crippen LogP contribution in [0.1, 0.15) is 11.1 Å². The number of hydrogen-bond donors (Lipinski definition) is 2. The number of benzene rings is 3.